The van der Waals surface area contributed by atoms with Crippen LogP contribution in [-0.2, 0) is 14.3 Å². The molecule has 0 atom stereocenters. The number of carbonyl (C=O) groups excluding carboxylic acids is 2. The Bertz CT molecular complexity index is 1010. The van der Waals surface area contributed by atoms with Crippen LogP contribution >= 0.6 is 35.0 Å². The number of benzene rings is 2. The first kappa shape index (κ1) is 20.4. The molecular weight excluding hydrogens is 426 g/mol. The molecule has 2 aromatic carbocycles. The Morgan fingerprint density at radius 1 is 1.25 bits per heavy atom. The van der Waals surface area contributed by atoms with Crippen molar-refractivity contribution in [2.24, 2.45) is 4.99 Å². The van der Waals surface area contributed by atoms with Crippen LogP contribution in [0.3, 0.4) is 0 Å². The number of aliphatic imine (C=N–C) groups is 1. The molecule has 9 heteroatoms. The first-order valence-corrected chi connectivity index (χ1v) is 9.69. The van der Waals surface area contributed by atoms with E-state index < -0.39 is 17.7 Å². The van der Waals surface area contributed by atoms with Gasteiger partial charge >= 0.3 is 5.97 Å². The zero-order chi connectivity index (χ0) is 20.3. The van der Waals surface area contributed by atoms with Crippen LogP contribution in [0.25, 0.3) is 6.08 Å². The Morgan fingerprint density at radius 2 is 2.00 bits per heavy atom. The lowest BCUT2D eigenvalue weighted by Gasteiger charge is -2.18. The Labute approximate surface area is 174 Å². The summed E-state index contributed by atoms with van der Waals surface area (Å²) in [6.45, 7) is 0. The van der Waals surface area contributed by atoms with Crippen molar-refractivity contribution in [2.75, 3.05) is 17.8 Å². The summed E-state index contributed by atoms with van der Waals surface area (Å²) < 4.78 is 18.9. The van der Waals surface area contributed by atoms with E-state index >= 15 is 0 Å². The first-order chi connectivity index (χ1) is 13.4. The minimum atomic E-state index is -0.585. The largest absolute Gasteiger partial charge is 0.468 e. The maximum atomic E-state index is 14.3. The summed E-state index contributed by atoms with van der Waals surface area (Å²) in [6, 6.07) is 10.7. The molecule has 0 aromatic heterocycles. The number of ether oxygens (including phenoxy) is 1. The number of anilines is 1. The van der Waals surface area contributed by atoms with Gasteiger partial charge < -0.3 is 4.74 Å². The zero-order valence-corrected chi connectivity index (χ0v) is 16.8. The number of methoxy groups -OCH3 is 1. The summed E-state index contributed by atoms with van der Waals surface area (Å²) in [4.78, 5) is 29.8. The van der Waals surface area contributed by atoms with Gasteiger partial charge in [0.25, 0.3) is 5.91 Å². The fraction of sp³-hybridized carbons (Fsp3) is 0.105. The topological polar surface area (TPSA) is 59.0 Å². The highest BCUT2D eigenvalue weighted by atomic mass is 35.5. The number of thioether (sulfide) groups is 1. The molecule has 0 spiro atoms. The Balaban J connectivity index is 2.00. The third kappa shape index (κ3) is 4.38. The molecule has 2 aromatic rings. The first-order valence-electron chi connectivity index (χ1n) is 7.94. The zero-order valence-electron chi connectivity index (χ0n) is 14.5. The van der Waals surface area contributed by atoms with Crippen molar-refractivity contribution in [3.05, 3.63) is 69.6 Å². The van der Waals surface area contributed by atoms with Crippen LogP contribution in [0.5, 0.6) is 0 Å². The van der Waals surface area contributed by atoms with Gasteiger partial charge in [-0.05, 0) is 35.9 Å². The molecule has 28 heavy (non-hydrogen) atoms. The lowest BCUT2D eigenvalue weighted by Crippen LogP contribution is -2.31. The number of para-hydroxylation sites is 1. The Morgan fingerprint density at radius 3 is 2.68 bits per heavy atom. The van der Waals surface area contributed by atoms with E-state index in [1.54, 1.807) is 24.3 Å². The summed E-state index contributed by atoms with van der Waals surface area (Å²) >= 11 is 12.9. The van der Waals surface area contributed by atoms with E-state index in [1.807, 2.05) is 0 Å². The van der Waals surface area contributed by atoms with Crippen LogP contribution in [0.1, 0.15) is 5.56 Å². The number of halogens is 3. The predicted octanol–water partition coefficient (Wildman–Crippen LogP) is 4.78. The third-order valence-corrected chi connectivity index (χ3v) is 5.37. The molecule has 0 radical (unpaired) electrons. The van der Waals surface area contributed by atoms with Crippen molar-refractivity contribution in [1.29, 1.82) is 0 Å². The average Bonchev–Trinajstić information content (AvgIpc) is 2.98. The number of esters is 1. The normalized spacial score (nSPS) is 15.1. The Kier molecular flexibility index (Phi) is 6.39. The molecule has 0 unspecified atom stereocenters. The second kappa shape index (κ2) is 8.77. The minimum Gasteiger partial charge on any atom is -0.468 e. The van der Waals surface area contributed by atoms with Crippen LogP contribution in [0.15, 0.2) is 53.2 Å². The van der Waals surface area contributed by atoms with Gasteiger partial charge in [0.1, 0.15) is 11.5 Å². The molecule has 0 saturated heterocycles. The van der Waals surface area contributed by atoms with Gasteiger partial charge in [-0.25, -0.2) is 9.38 Å². The standard InChI is InChI=1S/C19H13Cl2FN2O3S/c1-27-17(25)10-28-19-23-15(9-11-6-7-12(20)13(21)8-11)18(26)24(19)16-5-3-2-4-14(16)22/h2-9H,10H2,1H3. The monoisotopic (exact) mass is 438 g/mol. The molecule has 0 N–H and O–H groups in total. The maximum absolute atomic E-state index is 14.3. The third-order valence-electron chi connectivity index (χ3n) is 3.72. The summed E-state index contributed by atoms with van der Waals surface area (Å²) in [5, 5.41) is 0.885. The van der Waals surface area contributed by atoms with Crippen molar-refractivity contribution in [3.63, 3.8) is 0 Å². The highest BCUT2D eigenvalue weighted by Gasteiger charge is 2.33. The molecule has 0 saturated carbocycles. The van der Waals surface area contributed by atoms with E-state index in [1.165, 1.54) is 31.4 Å². The van der Waals surface area contributed by atoms with Gasteiger partial charge in [-0.3, -0.25) is 14.5 Å². The predicted molar refractivity (Wildman–Crippen MR) is 110 cm³/mol. The van der Waals surface area contributed by atoms with Crippen molar-refractivity contribution in [2.45, 2.75) is 0 Å². The van der Waals surface area contributed by atoms with E-state index in [-0.39, 0.29) is 22.3 Å². The van der Waals surface area contributed by atoms with Crippen molar-refractivity contribution < 1.29 is 18.7 Å². The number of carbonyl (C=O) groups is 2. The van der Waals surface area contributed by atoms with Crippen LogP contribution < -0.4 is 4.90 Å². The highest BCUT2D eigenvalue weighted by molar-refractivity contribution is 8.14. The van der Waals surface area contributed by atoms with Crippen LogP contribution in [0, 0.1) is 5.82 Å². The summed E-state index contributed by atoms with van der Waals surface area (Å²) in [5.74, 6) is -1.68. The number of amidine groups is 1. The van der Waals surface area contributed by atoms with E-state index in [4.69, 9.17) is 23.2 Å². The average molecular weight is 439 g/mol. The van der Waals surface area contributed by atoms with Gasteiger partial charge in [0.15, 0.2) is 5.17 Å². The Hall–Kier alpha value is -2.35. The summed E-state index contributed by atoms with van der Waals surface area (Å²) in [6.07, 6.45) is 1.52. The van der Waals surface area contributed by atoms with Crippen molar-refractivity contribution >= 4 is 63.8 Å². The molecule has 1 heterocycles. The summed E-state index contributed by atoms with van der Waals surface area (Å²) in [7, 11) is 1.26. The second-order valence-corrected chi connectivity index (χ2v) is 7.31. The lowest BCUT2D eigenvalue weighted by molar-refractivity contribution is -0.137. The van der Waals surface area contributed by atoms with Crippen molar-refractivity contribution in [1.82, 2.24) is 0 Å². The van der Waals surface area contributed by atoms with Gasteiger partial charge in [-0.15, -0.1) is 0 Å². The molecule has 144 valence electrons. The van der Waals surface area contributed by atoms with E-state index in [9.17, 15) is 14.0 Å². The minimum absolute atomic E-state index is 0.0427. The molecule has 1 amide bonds. The quantitative estimate of drug-likeness (QED) is 0.508. The van der Waals surface area contributed by atoms with E-state index in [0.717, 1.165) is 16.7 Å². The molecule has 1 aliphatic rings. The fourth-order valence-corrected chi connectivity index (χ4v) is 3.53. The fourth-order valence-electron chi connectivity index (χ4n) is 2.38. The van der Waals surface area contributed by atoms with Crippen LogP contribution in [0.2, 0.25) is 10.0 Å². The number of nitrogens with zero attached hydrogens (tertiary/aromatic N) is 2. The van der Waals surface area contributed by atoms with E-state index in [0.29, 0.717) is 15.6 Å². The highest BCUT2D eigenvalue weighted by Crippen LogP contribution is 2.32. The molecule has 0 fully saturated rings. The van der Waals surface area contributed by atoms with Gasteiger partial charge in [0, 0.05) is 0 Å². The smallest absolute Gasteiger partial charge is 0.316 e. The van der Waals surface area contributed by atoms with Gasteiger partial charge in [-0.1, -0.05) is 53.2 Å². The number of hydrogen-bond acceptors (Lipinski definition) is 5. The van der Waals surface area contributed by atoms with E-state index in [2.05, 4.69) is 9.73 Å². The number of amides is 1. The van der Waals surface area contributed by atoms with Gasteiger partial charge in [0.05, 0.1) is 28.6 Å². The summed E-state index contributed by atoms with van der Waals surface area (Å²) in [5.41, 5.74) is 0.726. The molecule has 0 bridgehead atoms. The van der Waals surface area contributed by atoms with Gasteiger partial charge in [-0.2, -0.15) is 0 Å². The van der Waals surface area contributed by atoms with Crippen LogP contribution in [0.4, 0.5) is 10.1 Å². The number of hydrogen-bond donors (Lipinski definition) is 0. The van der Waals surface area contributed by atoms with Crippen LogP contribution in [-0.4, -0.2) is 29.9 Å². The van der Waals surface area contributed by atoms with Gasteiger partial charge in [0.2, 0.25) is 0 Å². The molecule has 1 aliphatic heterocycles. The maximum Gasteiger partial charge on any atom is 0.316 e. The SMILES string of the molecule is COC(=O)CSC1=NC(=Cc2ccc(Cl)c(Cl)c2)C(=O)N1c1ccccc1F. The second-order valence-electron chi connectivity index (χ2n) is 5.55. The molecule has 0 aliphatic carbocycles. The number of rotatable bonds is 4. The lowest BCUT2D eigenvalue weighted by atomic mass is 10.2. The molecule has 3 rings (SSSR count). The molecule has 5 nitrogen and oxygen atoms in total. The van der Waals surface area contributed by atoms with Crippen molar-refractivity contribution in [3.8, 4) is 0 Å². The molecular formula is C19H13Cl2FN2O3S.